The number of hydrogen-bond acceptors (Lipinski definition) is 4. The van der Waals surface area contributed by atoms with Gasteiger partial charge in [0.25, 0.3) is 0 Å². The van der Waals surface area contributed by atoms with Crippen molar-refractivity contribution in [3.05, 3.63) is 81.1 Å². The molecule has 1 atom stereocenters. The van der Waals surface area contributed by atoms with E-state index in [-0.39, 0.29) is 16.9 Å². The Morgan fingerprint density at radius 2 is 1.76 bits per heavy atom. The minimum absolute atomic E-state index is 0.000504. The van der Waals surface area contributed by atoms with Crippen molar-refractivity contribution in [1.29, 1.82) is 0 Å². The quantitative estimate of drug-likeness (QED) is 0.573. The number of esters is 1. The molecule has 0 fully saturated rings. The number of halogens is 1. The monoisotopic (exact) mass is 355 g/mol. The van der Waals surface area contributed by atoms with Gasteiger partial charge in [0.1, 0.15) is 5.69 Å². The molecule has 0 saturated heterocycles. The van der Waals surface area contributed by atoms with Crippen LogP contribution in [-0.4, -0.2) is 22.8 Å². The highest BCUT2D eigenvalue weighted by atomic mass is 35.5. The lowest BCUT2D eigenvalue weighted by Gasteiger charge is -2.12. The molecule has 1 heterocycles. The summed E-state index contributed by atoms with van der Waals surface area (Å²) in [6.07, 6.45) is -0.997. The summed E-state index contributed by atoms with van der Waals surface area (Å²) in [6.45, 7) is 1.48. The van der Waals surface area contributed by atoms with Gasteiger partial charge in [0.05, 0.1) is 0 Å². The van der Waals surface area contributed by atoms with Crippen molar-refractivity contribution >= 4 is 34.3 Å². The van der Waals surface area contributed by atoms with Gasteiger partial charge in [-0.2, -0.15) is 0 Å². The number of H-pyrrole nitrogens is 1. The SMILES string of the molecule is C[C@@H](OC(=O)c1cc(=O)c2ccccc2[nH]1)C(=O)c1ccc(Cl)cc1. The third-order valence-corrected chi connectivity index (χ3v) is 3.99. The summed E-state index contributed by atoms with van der Waals surface area (Å²) in [7, 11) is 0. The van der Waals surface area contributed by atoms with Crippen LogP contribution in [0.5, 0.6) is 0 Å². The molecule has 1 N–H and O–H groups in total. The minimum Gasteiger partial charge on any atom is -0.450 e. The number of rotatable bonds is 4. The molecule has 25 heavy (non-hydrogen) atoms. The van der Waals surface area contributed by atoms with Gasteiger partial charge in [0.15, 0.2) is 11.5 Å². The third-order valence-electron chi connectivity index (χ3n) is 3.74. The summed E-state index contributed by atoms with van der Waals surface area (Å²) in [5.74, 6) is -1.12. The van der Waals surface area contributed by atoms with E-state index < -0.39 is 12.1 Å². The van der Waals surface area contributed by atoms with Crippen molar-refractivity contribution < 1.29 is 14.3 Å². The lowest BCUT2D eigenvalue weighted by atomic mass is 10.1. The highest BCUT2D eigenvalue weighted by Gasteiger charge is 2.21. The van der Waals surface area contributed by atoms with Crippen molar-refractivity contribution in [2.24, 2.45) is 0 Å². The van der Waals surface area contributed by atoms with Gasteiger partial charge in [-0.25, -0.2) is 4.79 Å². The molecule has 3 aromatic rings. The van der Waals surface area contributed by atoms with E-state index in [0.29, 0.717) is 21.5 Å². The first-order chi connectivity index (χ1) is 12.0. The van der Waals surface area contributed by atoms with Gasteiger partial charge in [-0.3, -0.25) is 9.59 Å². The fraction of sp³-hybridized carbons (Fsp3) is 0.105. The molecule has 0 radical (unpaired) electrons. The van der Waals surface area contributed by atoms with E-state index in [0.717, 1.165) is 0 Å². The Labute approximate surface area is 148 Å². The van der Waals surface area contributed by atoms with E-state index >= 15 is 0 Å². The molecule has 0 amide bonds. The van der Waals surface area contributed by atoms with E-state index in [2.05, 4.69) is 4.98 Å². The zero-order valence-corrected chi connectivity index (χ0v) is 14.0. The molecule has 6 heteroatoms. The third kappa shape index (κ3) is 3.61. The maximum absolute atomic E-state index is 12.3. The van der Waals surface area contributed by atoms with Crippen LogP contribution in [0.25, 0.3) is 10.9 Å². The highest BCUT2D eigenvalue weighted by molar-refractivity contribution is 6.30. The lowest BCUT2D eigenvalue weighted by molar-refractivity contribution is 0.0313. The number of aromatic nitrogens is 1. The van der Waals surface area contributed by atoms with Gasteiger partial charge in [0, 0.05) is 27.6 Å². The Kier molecular flexibility index (Phi) is 4.67. The second-order valence-corrected chi connectivity index (χ2v) is 5.95. The van der Waals surface area contributed by atoms with Gasteiger partial charge < -0.3 is 9.72 Å². The van der Waals surface area contributed by atoms with E-state index in [1.165, 1.54) is 13.0 Å². The number of aromatic amines is 1. The average Bonchev–Trinajstić information content (AvgIpc) is 2.61. The van der Waals surface area contributed by atoms with Gasteiger partial charge in [-0.15, -0.1) is 0 Å². The van der Waals surface area contributed by atoms with Crippen LogP contribution in [0.1, 0.15) is 27.8 Å². The van der Waals surface area contributed by atoms with Gasteiger partial charge >= 0.3 is 5.97 Å². The Balaban J connectivity index is 1.81. The van der Waals surface area contributed by atoms with E-state index in [1.54, 1.807) is 48.5 Å². The van der Waals surface area contributed by atoms with Crippen molar-refractivity contribution in [2.45, 2.75) is 13.0 Å². The molecule has 0 aliphatic rings. The molecular weight excluding hydrogens is 342 g/mol. The van der Waals surface area contributed by atoms with Crippen molar-refractivity contribution in [2.75, 3.05) is 0 Å². The standard InChI is InChI=1S/C19H14ClNO4/c1-11(18(23)12-6-8-13(20)9-7-12)25-19(24)16-10-17(22)14-4-2-3-5-15(14)21-16/h2-11H,1H3,(H,21,22)/t11-/m1/s1. The number of hydrogen-bond donors (Lipinski definition) is 1. The molecular formula is C19H14ClNO4. The minimum atomic E-state index is -0.997. The number of benzene rings is 2. The fourth-order valence-corrected chi connectivity index (χ4v) is 2.56. The van der Waals surface area contributed by atoms with Crippen LogP contribution in [0.2, 0.25) is 5.02 Å². The van der Waals surface area contributed by atoms with Crippen molar-refractivity contribution in [3.63, 3.8) is 0 Å². The first-order valence-electron chi connectivity index (χ1n) is 7.58. The summed E-state index contributed by atoms with van der Waals surface area (Å²) in [5, 5.41) is 0.985. The van der Waals surface area contributed by atoms with Crippen LogP contribution in [0.3, 0.4) is 0 Å². The van der Waals surface area contributed by atoms with Crippen LogP contribution in [0.15, 0.2) is 59.4 Å². The molecule has 0 bridgehead atoms. The molecule has 0 aliphatic carbocycles. The summed E-state index contributed by atoms with van der Waals surface area (Å²) in [4.78, 5) is 39.5. The van der Waals surface area contributed by atoms with Crippen LogP contribution < -0.4 is 5.43 Å². The second kappa shape index (κ2) is 6.91. The van der Waals surface area contributed by atoms with Crippen molar-refractivity contribution in [3.8, 4) is 0 Å². The van der Waals surface area contributed by atoms with Crippen LogP contribution in [0.4, 0.5) is 0 Å². The predicted molar refractivity (Wildman–Crippen MR) is 95.2 cm³/mol. The molecule has 5 nitrogen and oxygen atoms in total. The van der Waals surface area contributed by atoms with E-state index in [1.807, 2.05) is 0 Å². The van der Waals surface area contributed by atoms with Gasteiger partial charge in [-0.1, -0.05) is 23.7 Å². The Bertz CT molecular complexity index is 1010. The number of carbonyl (C=O) groups is 2. The molecule has 126 valence electrons. The zero-order valence-electron chi connectivity index (χ0n) is 13.3. The number of Topliss-reactive ketones (excluding diaryl/α,β-unsaturated/α-hetero) is 1. The molecule has 0 aliphatic heterocycles. The summed E-state index contributed by atoms with van der Waals surface area (Å²) < 4.78 is 5.20. The Morgan fingerprint density at radius 3 is 2.48 bits per heavy atom. The van der Waals surface area contributed by atoms with Crippen molar-refractivity contribution in [1.82, 2.24) is 4.98 Å². The maximum atomic E-state index is 12.3. The summed E-state index contributed by atoms with van der Waals surface area (Å²) in [6, 6.07) is 14.3. The zero-order chi connectivity index (χ0) is 18.0. The predicted octanol–water partition coefficient (Wildman–Crippen LogP) is 3.61. The lowest BCUT2D eigenvalue weighted by Crippen LogP contribution is -2.25. The molecule has 0 saturated carbocycles. The molecule has 2 aromatic carbocycles. The first kappa shape index (κ1) is 16.9. The fourth-order valence-electron chi connectivity index (χ4n) is 2.43. The number of carbonyl (C=O) groups excluding carboxylic acids is 2. The molecule has 0 spiro atoms. The summed E-state index contributed by atoms with van der Waals surface area (Å²) in [5.41, 5.74) is 0.618. The number of ether oxygens (including phenoxy) is 1. The Morgan fingerprint density at radius 1 is 1.08 bits per heavy atom. The largest absolute Gasteiger partial charge is 0.450 e. The number of pyridine rings is 1. The van der Waals surface area contributed by atoms with E-state index in [4.69, 9.17) is 16.3 Å². The maximum Gasteiger partial charge on any atom is 0.355 e. The number of ketones is 1. The van der Waals surface area contributed by atoms with Crippen LogP contribution in [-0.2, 0) is 4.74 Å². The summed E-state index contributed by atoms with van der Waals surface area (Å²) >= 11 is 5.79. The van der Waals surface area contributed by atoms with Crippen LogP contribution in [0, 0.1) is 0 Å². The number of nitrogens with one attached hydrogen (secondary N) is 1. The molecule has 3 rings (SSSR count). The number of para-hydroxylation sites is 1. The van der Waals surface area contributed by atoms with Crippen LogP contribution >= 0.6 is 11.6 Å². The topological polar surface area (TPSA) is 76.2 Å². The normalized spacial score (nSPS) is 11.9. The first-order valence-corrected chi connectivity index (χ1v) is 7.96. The second-order valence-electron chi connectivity index (χ2n) is 5.51. The van der Waals surface area contributed by atoms with Gasteiger partial charge in [-0.05, 0) is 43.3 Å². The van der Waals surface area contributed by atoms with Gasteiger partial charge in [0.2, 0.25) is 5.78 Å². The smallest absolute Gasteiger partial charge is 0.355 e. The van der Waals surface area contributed by atoms with E-state index in [9.17, 15) is 14.4 Å². The molecule has 1 aromatic heterocycles. The average molecular weight is 356 g/mol. The number of fused-ring (bicyclic) bond motifs is 1. The molecule has 0 unspecified atom stereocenters. The Hall–Kier alpha value is -2.92. The highest BCUT2D eigenvalue weighted by Crippen LogP contribution is 2.14.